The minimum atomic E-state index is -0.673. The summed E-state index contributed by atoms with van der Waals surface area (Å²) in [7, 11) is 2.70. The molecule has 19 heavy (non-hydrogen) atoms. The number of esters is 1. The number of hydrogen-bond acceptors (Lipinski definition) is 5. The van der Waals surface area contributed by atoms with Crippen LogP contribution in [-0.2, 0) is 16.0 Å². The number of ether oxygens (including phenoxy) is 2. The molecule has 0 bridgehead atoms. The van der Waals surface area contributed by atoms with E-state index in [1.807, 2.05) is 0 Å². The zero-order valence-corrected chi connectivity index (χ0v) is 10.8. The van der Waals surface area contributed by atoms with Crippen molar-refractivity contribution >= 4 is 12.1 Å². The van der Waals surface area contributed by atoms with Gasteiger partial charge in [0, 0.05) is 13.5 Å². The van der Waals surface area contributed by atoms with Gasteiger partial charge in [-0.15, -0.1) is 0 Å². The molecule has 1 amide bonds. The van der Waals surface area contributed by atoms with Crippen LogP contribution >= 0.6 is 0 Å². The van der Waals surface area contributed by atoms with Crippen molar-refractivity contribution in [1.29, 1.82) is 0 Å². The Bertz CT molecular complexity index is 475. The lowest BCUT2D eigenvalue weighted by atomic mass is 10.1. The van der Waals surface area contributed by atoms with Gasteiger partial charge in [-0.2, -0.15) is 0 Å². The summed E-state index contributed by atoms with van der Waals surface area (Å²) in [5.74, 6) is -0.565. The average Bonchev–Trinajstić information content (AvgIpc) is 2.40. The molecule has 0 aromatic heterocycles. The van der Waals surface area contributed by atoms with Crippen LogP contribution in [0.1, 0.15) is 5.56 Å². The third kappa shape index (κ3) is 4.14. The molecule has 5 N–H and O–H groups in total. The highest BCUT2D eigenvalue weighted by Crippen LogP contribution is 2.27. The molecule has 7 heteroatoms. The molecule has 1 aromatic rings. The van der Waals surface area contributed by atoms with Gasteiger partial charge in [0.2, 0.25) is 0 Å². The Morgan fingerprint density at radius 2 is 2.16 bits per heavy atom. The van der Waals surface area contributed by atoms with Gasteiger partial charge in [-0.1, -0.05) is 6.07 Å². The molecule has 0 saturated heterocycles. The van der Waals surface area contributed by atoms with Crippen LogP contribution in [0.2, 0.25) is 0 Å². The number of carbonyl (C=O) groups excluding carboxylic acids is 2. The molecule has 0 heterocycles. The fraction of sp³-hybridized carbons (Fsp3) is 0.333. The van der Waals surface area contributed by atoms with Crippen molar-refractivity contribution in [1.82, 2.24) is 5.32 Å². The lowest BCUT2D eigenvalue weighted by molar-refractivity contribution is -0.407. The molecule has 0 fully saturated rings. The predicted octanol–water partition coefficient (Wildman–Crippen LogP) is -0.564. The Morgan fingerprint density at radius 3 is 2.68 bits per heavy atom. The Morgan fingerprint density at radius 1 is 1.47 bits per heavy atom. The van der Waals surface area contributed by atoms with E-state index in [2.05, 4.69) is 15.8 Å². The number of hydrogen-bond donors (Lipinski definition) is 3. The molecule has 104 valence electrons. The Labute approximate surface area is 110 Å². The Balaban J connectivity index is 2.76. The maximum absolute atomic E-state index is 11.2. The van der Waals surface area contributed by atoms with Crippen LogP contribution in [0.25, 0.3) is 0 Å². The lowest BCUT2D eigenvalue weighted by Gasteiger charge is -2.09. The fourth-order valence-electron chi connectivity index (χ4n) is 1.46. The van der Waals surface area contributed by atoms with Crippen molar-refractivity contribution in [2.75, 3.05) is 14.2 Å². The molecule has 1 atom stereocenters. The summed E-state index contributed by atoms with van der Waals surface area (Å²) in [5.41, 5.74) is 4.35. The summed E-state index contributed by atoms with van der Waals surface area (Å²) in [6, 6.07) is 3.94. The van der Waals surface area contributed by atoms with Crippen molar-refractivity contribution in [2.45, 2.75) is 12.5 Å². The third-order valence-corrected chi connectivity index (χ3v) is 2.45. The van der Waals surface area contributed by atoms with Crippen LogP contribution in [0.15, 0.2) is 18.2 Å². The SMILES string of the molecule is CNC(=O)Oc1ccc(C[C@H]([NH3+])C(=O)OC)cc1O. The number of phenolic OH excluding ortho intramolecular Hbond substituents is 1. The summed E-state index contributed by atoms with van der Waals surface area (Å²) in [4.78, 5) is 22.2. The molecule has 7 nitrogen and oxygen atoms in total. The van der Waals surface area contributed by atoms with E-state index in [1.165, 1.54) is 26.3 Å². The van der Waals surface area contributed by atoms with Gasteiger partial charge >= 0.3 is 12.1 Å². The normalized spacial score (nSPS) is 11.5. The topological polar surface area (TPSA) is 112 Å². The molecular weight excluding hydrogens is 252 g/mol. The van der Waals surface area contributed by atoms with Gasteiger partial charge < -0.3 is 25.6 Å². The highest BCUT2D eigenvalue weighted by atomic mass is 16.6. The van der Waals surface area contributed by atoms with E-state index in [0.717, 1.165) is 0 Å². The van der Waals surface area contributed by atoms with Crippen LogP contribution in [0.5, 0.6) is 11.5 Å². The first-order valence-electron chi connectivity index (χ1n) is 5.60. The maximum atomic E-state index is 11.2. The molecular formula is C12H17N2O5+. The molecule has 0 aliphatic heterocycles. The highest BCUT2D eigenvalue weighted by molar-refractivity contribution is 5.74. The number of benzene rings is 1. The van der Waals surface area contributed by atoms with Gasteiger partial charge in [-0.3, -0.25) is 0 Å². The molecule has 0 aliphatic rings. The van der Waals surface area contributed by atoms with E-state index in [1.54, 1.807) is 6.07 Å². The summed E-state index contributed by atoms with van der Waals surface area (Å²) in [6.45, 7) is 0. The van der Waals surface area contributed by atoms with Gasteiger partial charge in [0.25, 0.3) is 0 Å². The summed E-state index contributed by atoms with van der Waals surface area (Å²) in [5, 5.41) is 12.0. The van der Waals surface area contributed by atoms with Crippen LogP contribution in [-0.4, -0.2) is 37.4 Å². The van der Waals surface area contributed by atoms with Gasteiger partial charge in [-0.05, 0) is 17.7 Å². The van der Waals surface area contributed by atoms with Gasteiger partial charge in [0.1, 0.15) is 0 Å². The summed E-state index contributed by atoms with van der Waals surface area (Å²) >= 11 is 0. The number of rotatable bonds is 4. The second kappa shape index (κ2) is 6.60. The zero-order chi connectivity index (χ0) is 14.4. The number of phenols is 1. The highest BCUT2D eigenvalue weighted by Gasteiger charge is 2.19. The van der Waals surface area contributed by atoms with Crippen LogP contribution < -0.4 is 15.8 Å². The van der Waals surface area contributed by atoms with E-state index in [4.69, 9.17) is 4.74 Å². The number of methoxy groups -OCH3 is 1. The maximum Gasteiger partial charge on any atom is 0.412 e. The standard InChI is InChI=1S/C12H16N2O5/c1-14-12(17)19-10-4-3-7(6-9(10)15)5-8(13)11(16)18-2/h3-4,6,8,15H,5,13H2,1-2H3,(H,14,17)/p+1/t8-/m0/s1. The number of carbonyl (C=O) groups is 2. The first-order valence-corrected chi connectivity index (χ1v) is 5.60. The van der Waals surface area contributed by atoms with E-state index >= 15 is 0 Å². The van der Waals surface area contributed by atoms with E-state index < -0.39 is 18.1 Å². The summed E-state index contributed by atoms with van der Waals surface area (Å²) < 4.78 is 9.38. The van der Waals surface area contributed by atoms with E-state index in [0.29, 0.717) is 12.0 Å². The smallest absolute Gasteiger partial charge is 0.412 e. The molecule has 0 aliphatic carbocycles. The third-order valence-electron chi connectivity index (χ3n) is 2.45. The average molecular weight is 269 g/mol. The van der Waals surface area contributed by atoms with Crippen molar-refractivity contribution < 1.29 is 29.9 Å². The molecule has 0 unspecified atom stereocenters. The molecule has 1 aromatic carbocycles. The quantitative estimate of drug-likeness (QED) is 0.634. The van der Waals surface area contributed by atoms with Crippen LogP contribution in [0.4, 0.5) is 4.79 Å². The predicted molar refractivity (Wildman–Crippen MR) is 65.6 cm³/mol. The number of quaternary nitrogens is 1. The first-order chi connectivity index (χ1) is 8.97. The Hall–Kier alpha value is -2.28. The Kier molecular flexibility index (Phi) is 5.13. The second-order valence-electron chi connectivity index (χ2n) is 3.87. The first kappa shape index (κ1) is 14.8. The van der Waals surface area contributed by atoms with Crippen LogP contribution in [0.3, 0.4) is 0 Å². The lowest BCUT2D eigenvalue weighted by Crippen LogP contribution is -2.66. The van der Waals surface area contributed by atoms with Crippen molar-refractivity contribution in [3.8, 4) is 11.5 Å². The fourth-order valence-corrected chi connectivity index (χ4v) is 1.46. The monoisotopic (exact) mass is 269 g/mol. The van der Waals surface area contributed by atoms with Crippen molar-refractivity contribution in [2.24, 2.45) is 0 Å². The summed E-state index contributed by atoms with van der Waals surface area (Å²) in [6.07, 6.45) is -0.354. The van der Waals surface area contributed by atoms with Crippen molar-refractivity contribution in [3.05, 3.63) is 23.8 Å². The number of aromatic hydroxyl groups is 1. The van der Waals surface area contributed by atoms with Gasteiger partial charge in [0.15, 0.2) is 17.5 Å². The minimum Gasteiger partial charge on any atom is -0.504 e. The zero-order valence-electron chi connectivity index (χ0n) is 10.8. The largest absolute Gasteiger partial charge is 0.504 e. The van der Waals surface area contributed by atoms with E-state index in [-0.39, 0.29) is 11.5 Å². The van der Waals surface area contributed by atoms with Gasteiger partial charge in [0.05, 0.1) is 7.11 Å². The number of nitrogens with one attached hydrogen (secondary N) is 1. The molecule has 0 saturated carbocycles. The van der Waals surface area contributed by atoms with Crippen molar-refractivity contribution in [3.63, 3.8) is 0 Å². The minimum absolute atomic E-state index is 0.0433. The molecule has 0 radical (unpaired) electrons. The van der Waals surface area contributed by atoms with E-state index in [9.17, 15) is 14.7 Å². The number of amides is 1. The second-order valence-corrected chi connectivity index (χ2v) is 3.87. The van der Waals surface area contributed by atoms with Gasteiger partial charge in [-0.25, -0.2) is 9.59 Å². The van der Waals surface area contributed by atoms with Crippen LogP contribution in [0, 0.1) is 0 Å². The molecule has 1 rings (SSSR count). The molecule has 0 spiro atoms.